The van der Waals surface area contributed by atoms with E-state index in [-0.39, 0.29) is 16.6 Å². The van der Waals surface area contributed by atoms with E-state index in [2.05, 4.69) is 15.4 Å². The zero-order valence-electron chi connectivity index (χ0n) is 8.94. The van der Waals surface area contributed by atoms with E-state index in [0.29, 0.717) is 5.56 Å². The van der Waals surface area contributed by atoms with Crippen molar-refractivity contribution in [2.45, 2.75) is 6.61 Å². The molecule has 1 aromatic rings. The highest BCUT2D eigenvalue weighted by Gasteiger charge is 2.20. The quantitative estimate of drug-likeness (QED) is 0.647. The van der Waals surface area contributed by atoms with E-state index in [9.17, 15) is 13.6 Å². The van der Waals surface area contributed by atoms with E-state index >= 15 is 0 Å². The Morgan fingerprint density at radius 3 is 2.61 bits per heavy atom. The van der Waals surface area contributed by atoms with E-state index in [4.69, 9.17) is 12.2 Å². The second-order valence-corrected chi connectivity index (χ2v) is 3.79. The molecule has 0 radical (unpaired) electrons. The van der Waals surface area contributed by atoms with Crippen LogP contribution in [0.5, 0.6) is 5.75 Å². The lowest BCUT2D eigenvalue weighted by Crippen LogP contribution is -2.21. The summed E-state index contributed by atoms with van der Waals surface area (Å²) in [5.41, 5.74) is 0.547. The summed E-state index contributed by atoms with van der Waals surface area (Å²) >= 11 is 4.76. The van der Waals surface area contributed by atoms with Gasteiger partial charge in [0.25, 0.3) is 5.91 Å². The van der Waals surface area contributed by atoms with E-state index in [1.54, 1.807) is 18.2 Å². The number of carbonyl (C=O) groups excluding carboxylic acids is 1. The summed E-state index contributed by atoms with van der Waals surface area (Å²) in [6, 6.07) is 6.16. The van der Waals surface area contributed by atoms with E-state index in [1.807, 2.05) is 0 Å². The first kappa shape index (κ1) is 12.4. The number of hydrogen-bond acceptors (Lipinski definition) is 3. The van der Waals surface area contributed by atoms with Crippen LogP contribution in [0.2, 0.25) is 0 Å². The number of ether oxygens (including phenoxy) is 1. The highest BCUT2D eigenvalue weighted by atomic mass is 32.1. The van der Waals surface area contributed by atoms with Gasteiger partial charge in [-0.2, -0.15) is 8.78 Å². The zero-order valence-corrected chi connectivity index (χ0v) is 9.76. The first-order valence-electron chi connectivity index (χ1n) is 4.94. The van der Waals surface area contributed by atoms with E-state index in [1.165, 1.54) is 12.1 Å². The molecule has 7 heteroatoms. The van der Waals surface area contributed by atoms with Crippen molar-refractivity contribution in [2.24, 2.45) is 0 Å². The minimum absolute atomic E-state index is 0.00702. The Labute approximate surface area is 107 Å². The van der Waals surface area contributed by atoms with Crippen LogP contribution >= 0.6 is 12.2 Å². The highest BCUT2D eigenvalue weighted by molar-refractivity contribution is 7.80. The third kappa shape index (κ3) is 2.80. The van der Waals surface area contributed by atoms with Gasteiger partial charge in [-0.1, -0.05) is 18.2 Å². The van der Waals surface area contributed by atoms with E-state index in [0.717, 1.165) is 0 Å². The first-order valence-corrected chi connectivity index (χ1v) is 5.35. The predicted molar refractivity (Wildman–Crippen MR) is 64.9 cm³/mol. The number of alkyl halides is 2. The smallest absolute Gasteiger partial charge is 0.387 e. The molecule has 94 valence electrons. The van der Waals surface area contributed by atoms with Gasteiger partial charge in [-0.3, -0.25) is 10.1 Å². The van der Waals surface area contributed by atoms with Crippen LogP contribution in [0.3, 0.4) is 0 Å². The summed E-state index contributed by atoms with van der Waals surface area (Å²) in [6.07, 6.45) is 1.40. The third-order valence-electron chi connectivity index (χ3n) is 2.15. The van der Waals surface area contributed by atoms with Gasteiger partial charge < -0.3 is 10.1 Å². The molecule has 1 heterocycles. The number of thiocarbonyl (C=S) groups is 1. The van der Waals surface area contributed by atoms with Crippen LogP contribution in [-0.2, 0) is 4.79 Å². The fourth-order valence-electron chi connectivity index (χ4n) is 1.44. The first-order chi connectivity index (χ1) is 8.56. The molecule has 4 nitrogen and oxygen atoms in total. The molecule has 0 spiro atoms. The fraction of sp³-hybridized carbons (Fsp3) is 0.0909. The lowest BCUT2D eigenvalue weighted by atomic mass is 10.1. The summed E-state index contributed by atoms with van der Waals surface area (Å²) in [6.45, 7) is -2.92. The maximum absolute atomic E-state index is 12.2. The van der Waals surface area contributed by atoms with Crippen molar-refractivity contribution in [3.8, 4) is 5.75 Å². The van der Waals surface area contributed by atoms with E-state index < -0.39 is 12.5 Å². The second kappa shape index (κ2) is 5.09. The van der Waals surface area contributed by atoms with Gasteiger partial charge in [0, 0.05) is 5.56 Å². The van der Waals surface area contributed by atoms with Gasteiger partial charge in [0.2, 0.25) is 0 Å². The number of carbonyl (C=O) groups is 1. The van der Waals surface area contributed by atoms with Gasteiger partial charge in [-0.15, -0.1) is 0 Å². The minimum Gasteiger partial charge on any atom is -0.434 e. The average Bonchev–Trinajstić information content (AvgIpc) is 2.59. The third-order valence-corrected chi connectivity index (χ3v) is 2.36. The summed E-state index contributed by atoms with van der Waals surface area (Å²) in [5, 5.41) is 5.17. The number of amides is 1. The summed E-state index contributed by atoms with van der Waals surface area (Å²) in [4.78, 5) is 11.4. The molecule has 0 bridgehead atoms. The number of hydrogen-bond donors (Lipinski definition) is 2. The summed E-state index contributed by atoms with van der Waals surface area (Å²) < 4.78 is 28.7. The molecule has 1 fully saturated rings. The number of para-hydroxylation sites is 1. The van der Waals surface area contributed by atoms with Crippen LogP contribution in [-0.4, -0.2) is 17.6 Å². The number of halogens is 2. The summed E-state index contributed by atoms with van der Waals surface area (Å²) in [5.74, 6) is -0.417. The molecule has 1 aliphatic rings. The lowest BCUT2D eigenvalue weighted by Gasteiger charge is -2.07. The fourth-order valence-corrected chi connectivity index (χ4v) is 1.64. The monoisotopic (exact) mass is 270 g/mol. The largest absolute Gasteiger partial charge is 0.434 e. The maximum atomic E-state index is 12.2. The van der Waals surface area contributed by atoms with Crippen LogP contribution in [0.4, 0.5) is 8.78 Å². The predicted octanol–water partition coefficient (Wildman–Crippen LogP) is 1.63. The molecule has 0 saturated carbocycles. The van der Waals surface area contributed by atoms with Crippen LogP contribution in [0.15, 0.2) is 30.0 Å². The molecule has 1 aliphatic heterocycles. The van der Waals surface area contributed by atoms with Crippen molar-refractivity contribution in [1.82, 2.24) is 10.6 Å². The Bertz CT molecular complexity index is 532. The standard InChI is InChI=1S/C11H8F2N2O2S/c12-10(13)17-8-4-2-1-3-6(8)5-7-9(16)15-11(18)14-7/h1-5,10H,(H2,14,15,16,18)/b7-5-. The van der Waals surface area contributed by atoms with Gasteiger partial charge in [0.05, 0.1) is 0 Å². The van der Waals surface area contributed by atoms with Gasteiger partial charge >= 0.3 is 6.61 Å². The Balaban J connectivity index is 2.31. The molecular formula is C11H8F2N2O2S. The molecular weight excluding hydrogens is 262 g/mol. The number of benzene rings is 1. The van der Waals surface area contributed by atoms with Crippen LogP contribution in [0, 0.1) is 0 Å². The maximum Gasteiger partial charge on any atom is 0.387 e. The van der Waals surface area contributed by atoms with Crippen molar-refractivity contribution in [1.29, 1.82) is 0 Å². The van der Waals surface area contributed by atoms with Crippen molar-refractivity contribution >= 4 is 29.3 Å². The summed E-state index contributed by atoms with van der Waals surface area (Å²) in [7, 11) is 0. The molecule has 2 rings (SSSR count). The molecule has 0 aliphatic carbocycles. The number of rotatable bonds is 3. The van der Waals surface area contributed by atoms with Gasteiger partial charge in [-0.25, -0.2) is 0 Å². The van der Waals surface area contributed by atoms with Crippen LogP contribution in [0.1, 0.15) is 5.56 Å². The van der Waals surface area contributed by atoms with Crippen LogP contribution < -0.4 is 15.4 Å². The SMILES string of the molecule is O=C1NC(=S)N/C1=C\c1ccccc1OC(F)F. The number of nitrogens with one attached hydrogen (secondary N) is 2. The highest BCUT2D eigenvalue weighted by Crippen LogP contribution is 2.22. The second-order valence-electron chi connectivity index (χ2n) is 3.38. The topological polar surface area (TPSA) is 50.4 Å². The molecule has 0 atom stereocenters. The lowest BCUT2D eigenvalue weighted by molar-refractivity contribution is -0.115. The van der Waals surface area contributed by atoms with Crippen LogP contribution in [0.25, 0.3) is 6.08 Å². The van der Waals surface area contributed by atoms with Gasteiger partial charge in [-0.05, 0) is 24.4 Å². The molecule has 1 aromatic carbocycles. The minimum atomic E-state index is -2.92. The average molecular weight is 270 g/mol. The Morgan fingerprint density at radius 1 is 1.28 bits per heavy atom. The Hall–Kier alpha value is -2.02. The van der Waals surface area contributed by atoms with Crippen molar-refractivity contribution < 1.29 is 18.3 Å². The molecule has 1 saturated heterocycles. The molecule has 2 N–H and O–H groups in total. The Kier molecular flexibility index (Phi) is 3.52. The van der Waals surface area contributed by atoms with Crippen molar-refractivity contribution in [3.05, 3.63) is 35.5 Å². The van der Waals surface area contributed by atoms with Crippen molar-refractivity contribution in [2.75, 3.05) is 0 Å². The van der Waals surface area contributed by atoms with Crippen molar-refractivity contribution in [3.63, 3.8) is 0 Å². The zero-order chi connectivity index (χ0) is 13.1. The molecule has 0 unspecified atom stereocenters. The Morgan fingerprint density at radius 2 is 2.00 bits per heavy atom. The van der Waals surface area contributed by atoms with Gasteiger partial charge in [0.15, 0.2) is 5.11 Å². The molecule has 0 aromatic heterocycles. The normalized spacial score (nSPS) is 16.9. The molecule has 1 amide bonds. The molecule has 18 heavy (non-hydrogen) atoms. The van der Waals surface area contributed by atoms with Gasteiger partial charge in [0.1, 0.15) is 11.4 Å².